The van der Waals surface area contributed by atoms with Gasteiger partial charge in [-0.3, -0.25) is 0 Å². The topological polar surface area (TPSA) is 20.2 Å². The minimum atomic E-state index is 0.309. The second-order valence-corrected chi connectivity index (χ2v) is 3.26. The van der Waals surface area contributed by atoms with Crippen molar-refractivity contribution in [2.45, 2.75) is 44.9 Å². The highest BCUT2D eigenvalue weighted by Crippen LogP contribution is 2.04. The Bertz CT molecular complexity index is 127. The van der Waals surface area contributed by atoms with Gasteiger partial charge in [0.15, 0.2) is 0 Å². The number of rotatable bonds is 9. The molecule has 0 heterocycles. The SMILES string of the molecule is C=CCCCCC/C=C/CCCO. The summed E-state index contributed by atoms with van der Waals surface area (Å²) in [5.74, 6) is 0. The Kier molecular flexibility index (Phi) is 10.9. The number of hydrogen-bond donors (Lipinski definition) is 1. The average Bonchev–Trinajstić information content (AvgIpc) is 2.16. The number of hydrogen-bond acceptors (Lipinski definition) is 1. The van der Waals surface area contributed by atoms with Gasteiger partial charge >= 0.3 is 0 Å². The molecule has 0 saturated carbocycles. The van der Waals surface area contributed by atoms with Gasteiger partial charge in [-0.2, -0.15) is 0 Å². The van der Waals surface area contributed by atoms with Crippen molar-refractivity contribution in [1.82, 2.24) is 0 Å². The average molecular weight is 182 g/mol. The Balaban J connectivity index is 2.97. The summed E-state index contributed by atoms with van der Waals surface area (Å²) in [6, 6.07) is 0. The molecule has 0 aromatic carbocycles. The first-order chi connectivity index (χ1) is 6.41. The summed E-state index contributed by atoms with van der Waals surface area (Å²) in [7, 11) is 0. The van der Waals surface area contributed by atoms with Crippen LogP contribution in [0.1, 0.15) is 44.9 Å². The van der Waals surface area contributed by atoms with E-state index in [4.69, 9.17) is 5.11 Å². The Labute approximate surface area is 82.2 Å². The van der Waals surface area contributed by atoms with Crippen molar-refractivity contribution in [2.24, 2.45) is 0 Å². The molecule has 0 radical (unpaired) electrons. The lowest BCUT2D eigenvalue weighted by Crippen LogP contribution is -1.78. The molecular weight excluding hydrogens is 160 g/mol. The van der Waals surface area contributed by atoms with Crippen molar-refractivity contribution < 1.29 is 5.11 Å². The smallest absolute Gasteiger partial charge is 0.0433 e. The van der Waals surface area contributed by atoms with Crippen molar-refractivity contribution in [2.75, 3.05) is 6.61 Å². The van der Waals surface area contributed by atoms with Gasteiger partial charge in [0, 0.05) is 6.61 Å². The van der Waals surface area contributed by atoms with Gasteiger partial charge in [-0.1, -0.05) is 24.6 Å². The van der Waals surface area contributed by atoms with E-state index in [1.807, 2.05) is 6.08 Å². The van der Waals surface area contributed by atoms with E-state index in [2.05, 4.69) is 18.7 Å². The zero-order chi connectivity index (χ0) is 9.78. The van der Waals surface area contributed by atoms with Gasteiger partial charge in [0.2, 0.25) is 0 Å². The van der Waals surface area contributed by atoms with E-state index >= 15 is 0 Å². The lowest BCUT2D eigenvalue weighted by molar-refractivity contribution is 0.289. The van der Waals surface area contributed by atoms with Crippen LogP contribution in [0.3, 0.4) is 0 Å². The predicted molar refractivity (Wildman–Crippen MR) is 58.7 cm³/mol. The second-order valence-electron chi connectivity index (χ2n) is 3.26. The van der Waals surface area contributed by atoms with Gasteiger partial charge in [0.05, 0.1) is 0 Å². The molecule has 0 aromatic rings. The van der Waals surface area contributed by atoms with E-state index in [9.17, 15) is 0 Å². The molecule has 0 aliphatic carbocycles. The summed E-state index contributed by atoms with van der Waals surface area (Å²) in [5, 5.41) is 8.52. The number of allylic oxidation sites excluding steroid dienone is 3. The summed E-state index contributed by atoms with van der Waals surface area (Å²) < 4.78 is 0. The van der Waals surface area contributed by atoms with E-state index in [1.165, 1.54) is 25.7 Å². The molecule has 1 heteroatoms. The van der Waals surface area contributed by atoms with E-state index < -0.39 is 0 Å². The van der Waals surface area contributed by atoms with Crippen LogP contribution in [0, 0.1) is 0 Å². The van der Waals surface area contributed by atoms with Crippen LogP contribution in [0.5, 0.6) is 0 Å². The largest absolute Gasteiger partial charge is 0.396 e. The van der Waals surface area contributed by atoms with Gasteiger partial charge in [0.25, 0.3) is 0 Å². The molecule has 1 N–H and O–H groups in total. The fourth-order valence-corrected chi connectivity index (χ4v) is 1.17. The molecule has 0 aromatic heterocycles. The quantitative estimate of drug-likeness (QED) is 0.428. The molecule has 0 unspecified atom stereocenters. The van der Waals surface area contributed by atoms with E-state index in [-0.39, 0.29) is 0 Å². The van der Waals surface area contributed by atoms with E-state index in [0.717, 1.165) is 19.3 Å². The monoisotopic (exact) mass is 182 g/mol. The van der Waals surface area contributed by atoms with E-state index in [0.29, 0.717) is 6.61 Å². The van der Waals surface area contributed by atoms with Crippen molar-refractivity contribution in [3.05, 3.63) is 24.8 Å². The third-order valence-corrected chi connectivity index (χ3v) is 1.97. The summed E-state index contributed by atoms with van der Waals surface area (Å²) in [6.07, 6.45) is 14.5. The van der Waals surface area contributed by atoms with Gasteiger partial charge in [-0.15, -0.1) is 6.58 Å². The van der Waals surface area contributed by atoms with Crippen LogP contribution in [0.4, 0.5) is 0 Å². The molecule has 0 bridgehead atoms. The molecule has 0 aliphatic heterocycles. The Morgan fingerprint density at radius 1 is 0.846 bits per heavy atom. The van der Waals surface area contributed by atoms with Gasteiger partial charge in [-0.25, -0.2) is 0 Å². The number of aliphatic hydroxyl groups excluding tert-OH is 1. The maximum Gasteiger partial charge on any atom is 0.0433 e. The fraction of sp³-hybridized carbons (Fsp3) is 0.667. The summed E-state index contributed by atoms with van der Waals surface area (Å²) in [4.78, 5) is 0. The molecule has 0 spiro atoms. The normalized spacial score (nSPS) is 10.8. The lowest BCUT2D eigenvalue weighted by Gasteiger charge is -1.94. The Morgan fingerprint density at radius 2 is 1.46 bits per heavy atom. The molecule has 0 saturated heterocycles. The molecule has 1 nitrogen and oxygen atoms in total. The van der Waals surface area contributed by atoms with Crippen LogP contribution in [0.2, 0.25) is 0 Å². The van der Waals surface area contributed by atoms with Gasteiger partial charge in [-0.05, 0) is 38.5 Å². The maximum absolute atomic E-state index is 8.52. The molecule has 0 fully saturated rings. The molecule has 76 valence electrons. The first-order valence-corrected chi connectivity index (χ1v) is 5.28. The second kappa shape index (κ2) is 11.4. The summed E-state index contributed by atoms with van der Waals surface area (Å²) in [5.41, 5.74) is 0. The summed E-state index contributed by atoms with van der Waals surface area (Å²) in [6.45, 7) is 4.00. The predicted octanol–water partition coefficient (Wildman–Crippen LogP) is 3.45. The highest BCUT2D eigenvalue weighted by atomic mass is 16.2. The van der Waals surface area contributed by atoms with Crippen LogP contribution in [0.25, 0.3) is 0 Å². The molecule has 0 rings (SSSR count). The van der Waals surface area contributed by atoms with Crippen molar-refractivity contribution in [3.63, 3.8) is 0 Å². The van der Waals surface area contributed by atoms with Gasteiger partial charge < -0.3 is 5.11 Å². The third kappa shape index (κ3) is 11.4. The van der Waals surface area contributed by atoms with Crippen LogP contribution in [-0.2, 0) is 0 Å². The molecule has 0 atom stereocenters. The number of unbranched alkanes of at least 4 members (excludes halogenated alkanes) is 5. The fourth-order valence-electron chi connectivity index (χ4n) is 1.17. The first-order valence-electron chi connectivity index (χ1n) is 5.28. The Morgan fingerprint density at radius 3 is 2.08 bits per heavy atom. The van der Waals surface area contributed by atoms with Gasteiger partial charge in [0.1, 0.15) is 0 Å². The van der Waals surface area contributed by atoms with E-state index in [1.54, 1.807) is 0 Å². The molecule has 0 amide bonds. The van der Waals surface area contributed by atoms with Crippen LogP contribution in [-0.4, -0.2) is 11.7 Å². The maximum atomic E-state index is 8.52. The minimum absolute atomic E-state index is 0.309. The zero-order valence-corrected chi connectivity index (χ0v) is 8.54. The van der Waals surface area contributed by atoms with Crippen LogP contribution < -0.4 is 0 Å². The number of aliphatic hydroxyl groups is 1. The standard InChI is InChI=1S/C12H22O/c1-2-3-4-5-6-7-8-9-10-11-12-13/h2,8-9,13H,1,3-7,10-12H2/b9-8+. The highest BCUT2D eigenvalue weighted by Gasteiger charge is 1.85. The zero-order valence-electron chi connectivity index (χ0n) is 8.54. The lowest BCUT2D eigenvalue weighted by atomic mass is 10.1. The van der Waals surface area contributed by atoms with Crippen LogP contribution in [0.15, 0.2) is 24.8 Å². The first kappa shape index (κ1) is 12.4. The minimum Gasteiger partial charge on any atom is -0.396 e. The van der Waals surface area contributed by atoms with Crippen molar-refractivity contribution in [3.8, 4) is 0 Å². The molecular formula is C12H22O. The molecule has 0 aliphatic rings. The highest BCUT2D eigenvalue weighted by molar-refractivity contribution is 4.81. The van der Waals surface area contributed by atoms with Crippen molar-refractivity contribution in [1.29, 1.82) is 0 Å². The molecule has 13 heavy (non-hydrogen) atoms. The van der Waals surface area contributed by atoms with Crippen molar-refractivity contribution >= 4 is 0 Å². The Hall–Kier alpha value is -0.560. The third-order valence-electron chi connectivity index (χ3n) is 1.97. The van der Waals surface area contributed by atoms with Crippen LogP contribution >= 0.6 is 0 Å². The summed E-state index contributed by atoms with van der Waals surface area (Å²) >= 11 is 0.